The van der Waals surface area contributed by atoms with Crippen LogP contribution in [0.3, 0.4) is 0 Å². The van der Waals surface area contributed by atoms with Gasteiger partial charge in [-0.25, -0.2) is 4.98 Å². The number of carbonyl (C=O) groups is 1. The van der Waals surface area contributed by atoms with Crippen molar-refractivity contribution in [2.24, 2.45) is 11.5 Å². The van der Waals surface area contributed by atoms with Gasteiger partial charge in [0.25, 0.3) is 5.91 Å². The predicted octanol–water partition coefficient (Wildman–Crippen LogP) is 1.72. The van der Waals surface area contributed by atoms with Gasteiger partial charge in [0.05, 0.1) is 17.2 Å². The van der Waals surface area contributed by atoms with Crippen molar-refractivity contribution in [2.75, 3.05) is 23.3 Å². The lowest BCUT2D eigenvalue weighted by Crippen LogP contribution is -2.43. The standard InChI is InChI=1S/C18H20N6O/c19-10-12-3-5-14(6-4-12)22-18-15(17(21)25)7-8-16(23-18)24-9-1-2-13(20)11-24/h3-8,13H,1-2,9,11,20H2,(H2,21,25)(H,22,23)/t13-/m1/s1. The average Bonchev–Trinajstić information content (AvgIpc) is 2.62. The highest BCUT2D eigenvalue weighted by molar-refractivity contribution is 5.98. The van der Waals surface area contributed by atoms with Gasteiger partial charge < -0.3 is 21.7 Å². The third kappa shape index (κ3) is 3.87. The van der Waals surface area contributed by atoms with Crippen LogP contribution in [0.5, 0.6) is 0 Å². The SMILES string of the molecule is N#Cc1ccc(Nc2nc(N3CCC[C@@H](N)C3)ccc2C(N)=O)cc1. The first kappa shape index (κ1) is 16.7. The minimum Gasteiger partial charge on any atom is -0.365 e. The number of hydrogen-bond donors (Lipinski definition) is 3. The third-order valence-corrected chi connectivity index (χ3v) is 4.20. The van der Waals surface area contributed by atoms with Gasteiger partial charge in [-0.15, -0.1) is 0 Å². The zero-order valence-electron chi connectivity index (χ0n) is 13.8. The number of carbonyl (C=O) groups excluding carboxylic acids is 1. The van der Waals surface area contributed by atoms with E-state index >= 15 is 0 Å². The number of benzene rings is 1. The summed E-state index contributed by atoms with van der Waals surface area (Å²) >= 11 is 0. The van der Waals surface area contributed by atoms with Gasteiger partial charge in [0.1, 0.15) is 11.6 Å². The van der Waals surface area contributed by atoms with Crippen molar-refractivity contribution in [1.82, 2.24) is 4.98 Å². The van der Waals surface area contributed by atoms with E-state index in [1.54, 1.807) is 36.4 Å². The summed E-state index contributed by atoms with van der Waals surface area (Å²) in [5.41, 5.74) is 13.1. The largest absolute Gasteiger partial charge is 0.365 e. The summed E-state index contributed by atoms with van der Waals surface area (Å²) < 4.78 is 0. The van der Waals surface area contributed by atoms with Crippen molar-refractivity contribution >= 4 is 23.2 Å². The van der Waals surface area contributed by atoms with E-state index < -0.39 is 5.91 Å². The normalized spacial score (nSPS) is 17.0. The van der Waals surface area contributed by atoms with Gasteiger partial charge in [-0.2, -0.15) is 5.26 Å². The molecule has 1 aliphatic heterocycles. The van der Waals surface area contributed by atoms with Crippen LogP contribution in [0.2, 0.25) is 0 Å². The van der Waals surface area contributed by atoms with E-state index in [-0.39, 0.29) is 6.04 Å². The lowest BCUT2D eigenvalue weighted by molar-refractivity contribution is 0.100. The molecule has 1 aliphatic rings. The van der Waals surface area contributed by atoms with Crippen molar-refractivity contribution in [1.29, 1.82) is 5.26 Å². The molecule has 25 heavy (non-hydrogen) atoms. The van der Waals surface area contributed by atoms with Gasteiger partial charge in [0.15, 0.2) is 0 Å². The molecule has 0 spiro atoms. The minimum absolute atomic E-state index is 0.126. The first-order chi connectivity index (χ1) is 12.1. The van der Waals surface area contributed by atoms with Crippen LogP contribution in [-0.2, 0) is 0 Å². The molecule has 1 aromatic heterocycles. The smallest absolute Gasteiger partial charge is 0.252 e. The van der Waals surface area contributed by atoms with Gasteiger partial charge >= 0.3 is 0 Å². The van der Waals surface area contributed by atoms with E-state index in [0.29, 0.717) is 16.9 Å². The topological polar surface area (TPSA) is 121 Å². The van der Waals surface area contributed by atoms with Gasteiger partial charge in [0, 0.05) is 24.8 Å². The molecule has 2 heterocycles. The van der Waals surface area contributed by atoms with Crippen molar-refractivity contribution in [3.8, 4) is 6.07 Å². The number of aromatic nitrogens is 1. The molecule has 2 aromatic rings. The second-order valence-electron chi connectivity index (χ2n) is 6.09. The molecule has 0 radical (unpaired) electrons. The van der Waals surface area contributed by atoms with Gasteiger partial charge in [-0.1, -0.05) is 0 Å². The minimum atomic E-state index is -0.550. The average molecular weight is 336 g/mol. The van der Waals surface area contributed by atoms with Gasteiger partial charge in [0.2, 0.25) is 0 Å². The number of nitrogens with zero attached hydrogens (tertiary/aromatic N) is 3. The van der Waals surface area contributed by atoms with E-state index in [4.69, 9.17) is 16.7 Å². The Morgan fingerprint density at radius 3 is 2.68 bits per heavy atom. The highest BCUT2D eigenvalue weighted by atomic mass is 16.1. The number of rotatable bonds is 4. The van der Waals surface area contributed by atoms with Crippen molar-refractivity contribution in [3.05, 3.63) is 47.5 Å². The van der Waals surface area contributed by atoms with Crippen LogP contribution >= 0.6 is 0 Å². The maximum atomic E-state index is 11.7. The molecular weight excluding hydrogens is 316 g/mol. The number of nitrogens with one attached hydrogen (secondary N) is 1. The number of primary amides is 1. The number of anilines is 3. The monoisotopic (exact) mass is 336 g/mol. The first-order valence-corrected chi connectivity index (χ1v) is 8.15. The summed E-state index contributed by atoms with van der Waals surface area (Å²) in [5, 5.41) is 12.0. The van der Waals surface area contributed by atoms with E-state index in [1.165, 1.54) is 0 Å². The van der Waals surface area contributed by atoms with Crippen molar-refractivity contribution in [3.63, 3.8) is 0 Å². The zero-order valence-corrected chi connectivity index (χ0v) is 13.8. The molecule has 7 nitrogen and oxygen atoms in total. The maximum absolute atomic E-state index is 11.7. The quantitative estimate of drug-likeness (QED) is 0.781. The van der Waals surface area contributed by atoms with E-state index in [0.717, 1.165) is 37.4 Å². The maximum Gasteiger partial charge on any atom is 0.252 e. The Labute approximate surface area is 146 Å². The fourth-order valence-corrected chi connectivity index (χ4v) is 2.90. The summed E-state index contributed by atoms with van der Waals surface area (Å²) in [6.07, 6.45) is 2.02. The van der Waals surface area contributed by atoms with E-state index in [2.05, 4.69) is 21.3 Å². The van der Waals surface area contributed by atoms with Crippen LogP contribution in [0, 0.1) is 11.3 Å². The Kier molecular flexibility index (Phi) is 4.82. The van der Waals surface area contributed by atoms with Gasteiger partial charge in [-0.05, 0) is 49.2 Å². The Morgan fingerprint density at radius 1 is 1.28 bits per heavy atom. The molecule has 1 atom stereocenters. The van der Waals surface area contributed by atoms with Crippen LogP contribution in [-0.4, -0.2) is 30.0 Å². The lowest BCUT2D eigenvalue weighted by atomic mass is 10.1. The van der Waals surface area contributed by atoms with Crippen LogP contribution in [0.25, 0.3) is 0 Å². The summed E-state index contributed by atoms with van der Waals surface area (Å²) in [4.78, 5) is 18.4. The Morgan fingerprint density at radius 2 is 2.04 bits per heavy atom. The number of amides is 1. The van der Waals surface area contributed by atoms with Crippen molar-refractivity contribution in [2.45, 2.75) is 18.9 Å². The highest BCUT2D eigenvalue weighted by Crippen LogP contribution is 2.24. The molecule has 1 aromatic carbocycles. The first-order valence-electron chi connectivity index (χ1n) is 8.15. The van der Waals surface area contributed by atoms with Crippen LogP contribution < -0.4 is 21.7 Å². The fraction of sp³-hybridized carbons (Fsp3) is 0.278. The zero-order chi connectivity index (χ0) is 17.8. The molecule has 0 aliphatic carbocycles. The molecule has 5 N–H and O–H groups in total. The van der Waals surface area contributed by atoms with Crippen molar-refractivity contribution < 1.29 is 4.79 Å². The third-order valence-electron chi connectivity index (χ3n) is 4.20. The summed E-state index contributed by atoms with van der Waals surface area (Å²) in [6.45, 7) is 1.62. The number of nitriles is 1. The molecule has 0 unspecified atom stereocenters. The summed E-state index contributed by atoms with van der Waals surface area (Å²) in [5.74, 6) is 0.607. The fourth-order valence-electron chi connectivity index (χ4n) is 2.90. The van der Waals surface area contributed by atoms with Crippen LogP contribution in [0.1, 0.15) is 28.8 Å². The second kappa shape index (κ2) is 7.20. The molecular formula is C18H20N6O. The number of piperidine rings is 1. The number of hydrogen-bond acceptors (Lipinski definition) is 6. The predicted molar refractivity (Wildman–Crippen MR) is 96.6 cm³/mol. The molecule has 3 rings (SSSR count). The van der Waals surface area contributed by atoms with E-state index in [1.807, 2.05) is 0 Å². The highest BCUT2D eigenvalue weighted by Gasteiger charge is 2.20. The number of pyridine rings is 1. The molecule has 0 bridgehead atoms. The molecule has 1 fully saturated rings. The molecule has 128 valence electrons. The Balaban J connectivity index is 1.90. The molecule has 0 saturated carbocycles. The summed E-state index contributed by atoms with van der Waals surface area (Å²) in [6, 6.07) is 12.6. The lowest BCUT2D eigenvalue weighted by Gasteiger charge is -2.32. The summed E-state index contributed by atoms with van der Waals surface area (Å²) in [7, 11) is 0. The second-order valence-corrected chi connectivity index (χ2v) is 6.09. The van der Waals surface area contributed by atoms with Crippen LogP contribution in [0.15, 0.2) is 36.4 Å². The number of nitrogens with two attached hydrogens (primary N) is 2. The van der Waals surface area contributed by atoms with Crippen LogP contribution in [0.4, 0.5) is 17.3 Å². The van der Waals surface area contributed by atoms with Gasteiger partial charge in [-0.3, -0.25) is 4.79 Å². The molecule has 1 saturated heterocycles. The Bertz CT molecular complexity index is 811. The Hall–Kier alpha value is -3.11. The molecule has 7 heteroatoms. The van der Waals surface area contributed by atoms with E-state index in [9.17, 15) is 4.79 Å². The molecule has 1 amide bonds.